The Morgan fingerprint density at radius 2 is 2.33 bits per heavy atom. The van der Waals surface area contributed by atoms with Crippen LogP contribution in [-0.2, 0) is 0 Å². The molecule has 0 saturated heterocycles. The van der Waals surface area contributed by atoms with Crippen LogP contribution in [0, 0.1) is 5.92 Å². The molecule has 1 heteroatoms. The average molecular weight is 123 g/mol. The number of hydrogen-bond acceptors (Lipinski definition) is 1. The van der Waals surface area contributed by atoms with Gasteiger partial charge in [-0.3, -0.25) is 0 Å². The Morgan fingerprint density at radius 1 is 1.67 bits per heavy atom. The quantitative estimate of drug-likeness (QED) is 0.604. The summed E-state index contributed by atoms with van der Waals surface area (Å²) in [6.07, 6.45) is 7.49. The third-order valence-corrected chi connectivity index (χ3v) is 1.75. The fraction of sp³-hybridized carbons (Fsp3) is 0.500. The minimum Gasteiger partial charge on any atom is -0.330 e. The van der Waals surface area contributed by atoms with Crippen LogP contribution in [-0.4, -0.2) is 6.54 Å². The van der Waals surface area contributed by atoms with E-state index in [1.54, 1.807) is 0 Å². The molecule has 1 aliphatic carbocycles. The summed E-state index contributed by atoms with van der Waals surface area (Å²) in [5.41, 5.74) is 6.84. The first-order valence-corrected chi connectivity index (χ1v) is 3.43. The normalized spacial score (nSPS) is 18.7. The Kier molecular flexibility index (Phi) is 2.06. The lowest BCUT2D eigenvalue weighted by Crippen LogP contribution is -2.08. The van der Waals surface area contributed by atoms with E-state index in [4.69, 9.17) is 5.73 Å². The Hall–Kier alpha value is -0.560. The van der Waals surface area contributed by atoms with E-state index in [-0.39, 0.29) is 0 Å². The van der Waals surface area contributed by atoms with Crippen LogP contribution in [0.4, 0.5) is 0 Å². The van der Waals surface area contributed by atoms with Gasteiger partial charge in [0.25, 0.3) is 0 Å². The number of nitrogens with two attached hydrogens (primary N) is 1. The van der Waals surface area contributed by atoms with Crippen molar-refractivity contribution < 1.29 is 0 Å². The molecule has 9 heavy (non-hydrogen) atoms. The summed E-state index contributed by atoms with van der Waals surface area (Å²) in [5, 5.41) is 0. The van der Waals surface area contributed by atoms with Crippen molar-refractivity contribution in [2.75, 3.05) is 6.54 Å². The van der Waals surface area contributed by atoms with Gasteiger partial charge in [0.2, 0.25) is 0 Å². The van der Waals surface area contributed by atoms with Gasteiger partial charge in [0.1, 0.15) is 0 Å². The summed E-state index contributed by atoms with van der Waals surface area (Å²) in [5.74, 6) is 0.667. The summed E-state index contributed by atoms with van der Waals surface area (Å²) in [6.45, 7) is 3.01. The van der Waals surface area contributed by atoms with Crippen molar-refractivity contribution in [2.45, 2.75) is 13.3 Å². The summed E-state index contributed by atoms with van der Waals surface area (Å²) in [4.78, 5) is 0. The lowest BCUT2D eigenvalue weighted by Gasteiger charge is -2.14. The molecule has 0 spiro atoms. The van der Waals surface area contributed by atoms with Crippen LogP contribution < -0.4 is 5.73 Å². The van der Waals surface area contributed by atoms with Crippen molar-refractivity contribution in [3.63, 3.8) is 0 Å². The van der Waals surface area contributed by atoms with Gasteiger partial charge in [0.05, 0.1) is 0 Å². The van der Waals surface area contributed by atoms with Crippen LogP contribution in [0.3, 0.4) is 0 Å². The maximum atomic E-state index is 5.39. The first-order valence-electron chi connectivity index (χ1n) is 3.43. The van der Waals surface area contributed by atoms with E-state index in [9.17, 15) is 0 Å². The van der Waals surface area contributed by atoms with E-state index in [0.29, 0.717) is 5.92 Å². The monoisotopic (exact) mass is 123 g/mol. The molecule has 50 valence electrons. The Morgan fingerprint density at radius 3 is 2.67 bits per heavy atom. The van der Waals surface area contributed by atoms with E-state index in [0.717, 1.165) is 13.0 Å². The lowest BCUT2D eigenvalue weighted by atomic mass is 9.92. The maximum Gasteiger partial charge on any atom is -0.00715 e. The standard InChI is InChI=1S/C8H13N/c1-7(5-6-9)8-3-2-4-8/h2-4,7H,5-6,9H2,1H3. The molecule has 0 heterocycles. The summed E-state index contributed by atoms with van der Waals surface area (Å²) in [7, 11) is 0. The van der Waals surface area contributed by atoms with Crippen molar-refractivity contribution >= 4 is 0 Å². The van der Waals surface area contributed by atoms with Crippen molar-refractivity contribution in [3.05, 3.63) is 23.8 Å². The van der Waals surface area contributed by atoms with Gasteiger partial charge < -0.3 is 5.73 Å². The van der Waals surface area contributed by atoms with Gasteiger partial charge in [-0.05, 0) is 24.5 Å². The minimum atomic E-state index is 0.667. The topological polar surface area (TPSA) is 26.0 Å². The molecule has 1 rings (SSSR count). The smallest absolute Gasteiger partial charge is 0.00715 e. The van der Waals surface area contributed by atoms with Crippen molar-refractivity contribution in [1.29, 1.82) is 0 Å². The van der Waals surface area contributed by atoms with Gasteiger partial charge >= 0.3 is 0 Å². The molecule has 0 aromatic rings. The van der Waals surface area contributed by atoms with E-state index < -0.39 is 0 Å². The molecule has 0 aromatic heterocycles. The summed E-state index contributed by atoms with van der Waals surface area (Å²) in [6, 6.07) is 0. The molecule has 0 radical (unpaired) electrons. The maximum absolute atomic E-state index is 5.39. The van der Waals surface area contributed by atoms with Gasteiger partial charge in [-0.25, -0.2) is 0 Å². The third-order valence-electron chi connectivity index (χ3n) is 1.75. The minimum absolute atomic E-state index is 0.667. The first kappa shape index (κ1) is 6.56. The zero-order chi connectivity index (χ0) is 6.69. The van der Waals surface area contributed by atoms with Gasteiger partial charge in [-0.15, -0.1) is 0 Å². The van der Waals surface area contributed by atoms with E-state index >= 15 is 0 Å². The molecular weight excluding hydrogens is 110 g/mol. The van der Waals surface area contributed by atoms with Crippen LogP contribution in [0.15, 0.2) is 23.8 Å². The number of rotatable bonds is 3. The zero-order valence-electron chi connectivity index (χ0n) is 5.80. The van der Waals surface area contributed by atoms with Crippen molar-refractivity contribution in [1.82, 2.24) is 0 Å². The molecular formula is C8H13N. The predicted molar refractivity (Wildman–Crippen MR) is 40.1 cm³/mol. The van der Waals surface area contributed by atoms with Crippen LogP contribution in [0.2, 0.25) is 0 Å². The molecule has 1 nitrogen and oxygen atoms in total. The Balaban J connectivity index is 2.25. The molecule has 0 amide bonds. The highest BCUT2D eigenvalue weighted by Gasteiger charge is 2.06. The molecule has 2 N–H and O–H groups in total. The largest absolute Gasteiger partial charge is 0.330 e. The highest BCUT2D eigenvalue weighted by atomic mass is 14.5. The fourth-order valence-corrected chi connectivity index (χ4v) is 0.953. The Bertz CT molecular complexity index is 145. The molecule has 0 aromatic carbocycles. The third kappa shape index (κ3) is 1.42. The molecule has 1 atom stereocenters. The zero-order valence-corrected chi connectivity index (χ0v) is 5.80. The van der Waals surface area contributed by atoms with E-state index in [1.807, 2.05) is 0 Å². The Labute approximate surface area is 56.2 Å². The van der Waals surface area contributed by atoms with Crippen LogP contribution in [0.5, 0.6) is 0 Å². The summed E-state index contributed by atoms with van der Waals surface area (Å²) >= 11 is 0. The van der Waals surface area contributed by atoms with Crippen LogP contribution >= 0.6 is 0 Å². The highest BCUT2D eigenvalue weighted by molar-refractivity contribution is 5.36. The van der Waals surface area contributed by atoms with Gasteiger partial charge in [0.15, 0.2) is 0 Å². The van der Waals surface area contributed by atoms with Crippen LogP contribution in [0.1, 0.15) is 13.3 Å². The van der Waals surface area contributed by atoms with Crippen LogP contribution in [0.25, 0.3) is 0 Å². The van der Waals surface area contributed by atoms with Gasteiger partial charge in [-0.2, -0.15) is 0 Å². The molecule has 0 bridgehead atoms. The second kappa shape index (κ2) is 2.83. The van der Waals surface area contributed by atoms with Gasteiger partial charge in [0, 0.05) is 0 Å². The van der Waals surface area contributed by atoms with Gasteiger partial charge in [-0.1, -0.05) is 25.2 Å². The predicted octanol–water partition coefficient (Wildman–Crippen LogP) is 1.47. The molecule has 0 fully saturated rings. The second-order valence-corrected chi connectivity index (χ2v) is 2.50. The second-order valence-electron chi connectivity index (χ2n) is 2.50. The molecule has 0 aliphatic heterocycles. The SMILES string of the molecule is CC(CCN)C1=CC=C1. The molecule has 1 unspecified atom stereocenters. The number of hydrogen-bond donors (Lipinski definition) is 1. The van der Waals surface area contributed by atoms with Crippen molar-refractivity contribution in [2.24, 2.45) is 11.7 Å². The fourth-order valence-electron chi connectivity index (χ4n) is 0.953. The average Bonchev–Trinajstić information content (AvgIpc) is 1.60. The highest BCUT2D eigenvalue weighted by Crippen LogP contribution is 2.20. The summed E-state index contributed by atoms with van der Waals surface area (Å²) < 4.78 is 0. The number of allylic oxidation sites excluding steroid dienone is 4. The first-order chi connectivity index (χ1) is 4.34. The lowest BCUT2D eigenvalue weighted by molar-refractivity contribution is 0.631. The van der Waals surface area contributed by atoms with E-state index in [2.05, 4.69) is 25.2 Å². The molecule has 0 saturated carbocycles. The van der Waals surface area contributed by atoms with Crippen molar-refractivity contribution in [3.8, 4) is 0 Å². The molecule has 1 aliphatic rings. The van der Waals surface area contributed by atoms with E-state index in [1.165, 1.54) is 5.57 Å².